The lowest BCUT2D eigenvalue weighted by molar-refractivity contribution is -0.124. The van der Waals surface area contributed by atoms with Crippen molar-refractivity contribution in [1.29, 1.82) is 0 Å². The van der Waals surface area contributed by atoms with Crippen molar-refractivity contribution in [1.82, 2.24) is 5.32 Å². The first-order chi connectivity index (χ1) is 23.6. The van der Waals surface area contributed by atoms with Crippen molar-refractivity contribution in [3.05, 3.63) is 12.2 Å². The van der Waals surface area contributed by atoms with E-state index in [1.807, 2.05) is 0 Å². The Balaban J connectivity index is 3.63. The van der Waals surface area contributed by atoms with Crippen LogP contribution in [0.1, 0.15) is 232 Å². The van der Waals surface area contributed by atoms with Gasteiger partial charge in [-0.25, -0.2) is 0 Å². The van der Waals surface area contributed by atoms with Crippen LogP contribution < -0.4 is 5.32 Å². The molecular formula is C43H85NO4. The maximum absolute atomic E-state index is 12.4. The zero-order chi connectivity index (χ0) is 35.2. The molecule has 286 valence electrons. The quantitative estimate of drug-likeness (QED) is 0.0384. The fourth-order valence-electron chi connectivity index (χ4n) is 6.75. The number of rotatable bonds is 39. The summed E-state index contributed by atoms with van der Waals surface area (Å²) in [5, 5.41) is 33.5. The minimum absolute atomic E-state index is 0.151. The molecule has 0 aliphatic rings. The molecule has 0 spiro atoms. The molecular weight excluding hydrogens is 594 g/mol. The van der Waals surface area contributed by atoms with E-state index in [1.54, 1.807) is 0 Å². The number of allylic oxidation sites excluding steroid dienone is 2. The van der Waals surface area contributed by atoms with Gasteiger partial charge in [-0.15, -0.1) is 0 Å². The minimum atomic E-state index is -1.14. The van der Waals surface area contributed by atoms with E-state index in [1.165, 1.54) is 161 Å². The van der Waals surface area contributed by atoms with Crippen molar-refractivity contribution >= 4 is 5.91 Å². The number of carbonyl (C=O) groups is 1. The number of unbranched alkanes of at least 4 members (excludes halogenated alkanes) is 29. The smallest absolute Gasteiger partial charge is 0.220 e. The van der Waals surface area contributed by atoms with Gasteiger partial charge in [0.2, 0.25) is 5.91 Å². The van der Waals surface area contributed by atoms with E-state index in [2.05, 4.69) is 31.3 Å². The Morgan fingerprint density at radius 2 is 0.833 bits per heavy atom. The number of nitrogens with one attached hydrogen (secondary N) is 1. The summed E-state index contributed by atoms with van der Waals surface area (Å²) in [7, 11) is 0. The maximum Gasteiger partial charge on any atom is 0.220 e. The summed E-state index contributed by atoms with van der Waals surface area (Å²) in [6.45, 7) is 4.18. The summed E-state index contributed by atoms with van der Waals surface area (Å²) in [6.07, 6.45) is 44.5. The van der Waals surface area contributed by atoms with Crippen molar-refractivity contribution in [3.8, 4) is 0 Å². The molecule has 0 saturated carbocycles. The zero-order valence-corrected chi connectivity index (χ0v) is 32.4. The van der Waals surface area contributed by atoms with Crippen LogP contribution in [-0.4, -0.2) is 46.1 Å². The Morgan fingerprint density at radius 1 is 0.500 bits per heavy atom. The highest BCUT2D eigenvalue weighted by atomic mass is 16.3. The third-order valence-electron chi connectivity index (χ3n) is 10.1. The van der Waals surface area contributed by atoms with Crippen LogP contribution in [0.3, 0.4) is 0 Å². The van der Waals surface area contributed by atoms with E-state index in [0.717, 1.165) is 44.9 Å². The van der Waals surface area contributed by atoms with Crippen LogP contribution in [-0.2, 0) is 4.79 Å². The topological polar surface area (TPSA) is 89.8 Å². The standard InChI is InChI=1S/C43H85NO4/c1-3-5-7-9-11-13-15-17-19-21-22-23-25-27-29-31-33-35-37-41(46)43(48)40(39-45)44-42(47)38-36-34-32-30-28-26-24-20-18-16-14-12-10-8-6-4-2/h20,24,40-41,43,45-46,48H,3-19,21-23,25-39H2,1-2H3,(H,44,47)/b24-20-. The molecule has 0 aliphatic carbocycles. The molecule has 0 saturated heterocycles. The lowest BCUT2D eigenvalue weighted by atomic mass is 9.99. The van der Waals surface area contributed by atoms with Crippen LogP contribution in [0.15, 0.2) is 12.2 Å². The molecule has 0 radical (unpaired) electrons. The highest BCUT2D eigenvalue weighted by Crippen LogP contribution is 2.16. The van der Waals surface area contributed by atoms with Gasteiger partial charge in [0.25, 0.3) is 0 Å². The minimum Gasteiger partial charge on any atom is -0.394 e. The largest absolute Gasteiger partial charge is 0.394 e. The Kier molecular flexibility index (Phi) is 38.1. The molecule has 5 heteroatoms. The van der Waals surface area contributed by atoms with E-state index < -0.39 is 18.2 Å². The number of hydrogen-bond acceptors (Lipinski definition) is 4. The van der Waals surface area contributed by atoms with Gasteiger partial charge in [0.15, 0.2) is 0 Å². The molecule has 0 bridgehead atoms. The van der Waals surface area contributed by atoms with Gasteiger partial charge >= 0.3 is 0 Å². The average molecular weight is 680 g/mol. The van der Waals surface area contributed by atoms with Crippen molar-refractivity contribution in [2.24, 2.45) is 0 Å². The molecule has 48 heavy (non-hydrogen) atoms. The number of hydrogen-bond donors (Lipinski definition) is 4. The number of aliphatic hydroxyl groups excluding tert-OH is 3. The van der Waals surface area contributed by atoms with Crippen LogP contribution >= 0.6 is 0 Å². The van der Waals surface area contributed by atoms with Crippen molar-refractivity contribution in [2.45, 2.75) is 250 Å². The highest BCUT2D eigenvalue weighted by Gasteiger charge is 2.26. The molecule has 0 aromatic carbocycles. The Bertz CT molecular complexity index is 669. The molecule has 3 atom stereocenters. The van der Waals surface area contributed by atoms with Crippen LogP contribution in [0.25, 0.3) is 0 Å². The van der Waals surface area contributed by atoms with E-state index >= 15 is 0 Å². The van der Waals surface area contributed by atoms with Gasteiger partial charge in [0.05, 0.1) is 18.8 Å². The summed E-state index contributed by atoms with van der Waals surface area (Å²) in [5.41, 5.74) is 0. The summed E-state index contributed by atoms with van der Waals surface area (Å²) in [6, 6.07) is -0.809. The van der Waals surface area contributed by atoms with E-state index in [9.17, 15) is 20.1 Å². The first-order valence-electron chi connectivity index (χ1n) is 21.5. The Morgan fingerprint density at radius 3 is 1.21 bits per heavy atom. The van der Waals surface area contributed by atoms with Gasteiger partial charge in [0, 0.05) is 6.42 Å². The number of amides is 1. The monoisotopic (exact) mass is 680 g/mol. The fraction of sp³-hybridized carbons (Fsp3) is 0.930. The first kappa shape index (κ1) is 47.1. The second-order valence-electron chi connectivity index (χ2n) is 14.9. The van der Waals surface area contributed by atoms with Crippen molar-refractivity contribution < 1.29 is 20.1 Å². The molecule has 0 aliphatic heterocycles. The SMILES string of the molecule is CCCCCCCCC/C=C\CCCCCCCC(=O)NC(CO)C(O)C(O)CCCCCCCCCCCCCCCCCCCC. The summed E-state index contributed by atoms with van der Waals surface area (Å²) in [4.78, 5) is 12.4. The molecule has 4 N–H and O–H groups in total. The van der Waals surface area contributed by atoms with Crippen LogP contribution in [0.5, 0.6) is 0 Å². The molecule has 0 rings (SSSR count). The summed E-state index contributed by atoms with van der Waals surface area (Å²) < 4.78 is 0. The lowest BCUT2D eigenvalue weighted by Gasteiger charge is -2.26. The van der Waals surface area contributed by atoms with Gasteiger partial charge in [0.1, 0.15) is 6.10 Å². The van der Waals surface area contributed by atoms with E-state index in [-0.39, 0.29) is 12.5 Å². The third-order valence-corrected chi connectivity index (χ3v) is 10.1. The second-order valence-corrected chi connectivity index (χ2v) is 14.9. The fourth-order valence-corrected chi connectivity index (χ4v) is 6.75. The second kappa shape index (κ2) is 38.9. The highest BCUT2D eigenvalue weighted by molar-refractivity contribution is 5.76. The normalized spacial score (nSPS) is 13.7. The molecule has 5 nitrogen and oxygen atoms in total. The molecule has 0 aromatic heterocycles. The molecule has 0 aromatic rings. The zero-order valence-electron chi connectivity index (χ0n) is 32.4. The maximum atomic E-state index is 12.4. The van der Waals surface area contributed by atoms with Crippen LogP contribution in [0, 0.1) is 0 Å². The number of carbonyl (C=O) groups excluding carboxylic acids is 1. The van der Waals surface area contributed by atoms with Gasteiger partial charge in [-0.2, -0.15) is 0 Å². The first-order valence-corrected chi connectivity index (χ1v) is 21.5. The Hall–Kier alpha value is -0.910. The van der Waals surface area contributed by atoms with Gasteiger partial charge < -0.3 is 20.6 Å². The van der Waals surface area contributed by atoms with E-state index in [0.29, 0.717) is 12.8 Å². The molecule has 0 fully saturated rings. The van der Waals surface area contributed by atoms with Gasteiger partial charge in [-0.3, -0.25) is 4.79 Å². The molecule has 0 heterocycles. The van der Waals surface area contributed by atoms with Crippen LogP contribution in [0.2, 0.25) is 0 Å². The molecule has 3 unspecified atom stereocenters. The van der Waals surface area contributed by atoms with Crippen molar-refractivity contribution in [2.75, 3.05) is 6.61 Å². The van der Waals surface area contributed by atoms with Crippen molar-refractivity contribution in [3.63, 3.8) is 0 Å². The van der Waals surface area contributed by atoms with Crippen LogP contribution in [0.4, 0.5) is 0 Å². The predicted molar refractivity (Wildman–Crippen MR) is 208 cm³/mol. The Labute approximate surface area is 299 Å². The van der Waals surface area contributed by atoms with Gasteiger partial charge in [-0.05, 0) is 38.5 Å². The lowest BCUT2D eigenvalue weighted by Crippen LogP contribution is -2.50. The predicted octanol–water partition coefficient (Wildman–Crippen LogP) is 12.0. The summed E-state index contributed by atoms with van der Waals surface area (Å²) in [5.74, 6) is -0.151. The third kappa shape index (κ3) is 33.6. The number of aliphatic hydroxyl groups is 3. The average Bonchev–Trinajstić information content (AvgIpc) is 3.09. The summed E-state index contributed by atoms with van der Waals surface area (Å²) >= 11 is 0. The van der Waals surface area contributed by atoms with Gasteiger partial charge in [-0.1, -0.05) is 199 Å². The van der Waals surface area contributed by atoms with E-state index in [4.69, 9.17) is 0 Å². The molecule has 1 amide bonds.